The van der Waals surface area contributed by atoms with Crippen molar-refractivity contribution in [2.24, 2.45) is 0 Å². The molecule has 128 valence electrons. The maximum atomic E-state index is 9.64. The number of hydrogen-bond donors (Lipinski definition) is 1. The molecule has 0 amide bonds. The second kappa shape index (κ2) is 7.11. The average Bonchev–Trinajstić information content (AvgIpc) is 2.74. The molecule has 0 spiro atoms. The molecule has 0 unspecified atom stereocenters. The summed E-state index contributed by atoms with van der Waals surface area (Å²) in [6.45, 7) is 8.11. The zero-order chi connectivity index (χ0) is 18.0. The quantitative estimate of drug-likeness (QED) is 0.932. The van der Waals surface area contributed by atoms with E-state index < -0.39 is 0 Å². The lowest BCUT2D eigenvalue weighted by Gasteiger charge is -2.27. The zero-order valence-electron chi connectivity index (χ0n) is 14.7. The highest BCUT2D eigenvalue weighted by Crippen LogP contribution is 2.41. The smallest absolute Gasteiger partial charge is 0.102 e. The summed E-state index contributed by atoms with van der Waals surface area (Å²) in [4.78, 5) is 2.31. The van der Waals surface area contributed by atoms with Gasteiger partial charge >= 0.3 is 0 Å². The SMILES string of the molecule is CC(C)c1ccc(CN2CCOCC2)c2c(C#N)c(N)c(C#N)c-2c1. The first-order chi connectivity index (χ1) is 12.1. The van der Waals surface area contributed by atoms with Crippen LogP contribution in [0.2, 0.25) is 0 Å². The lowest BCUT2D eigenvalue weighted by atomic mass is 10.00. The van der Waals surface area contributed by atoms with Crippen molar-refractivity contribution in [3.63, 3.8) is 0 Å². The number of hydrogen-bond acceptors (Lipinski definition) is 5. The Kier molecular flexibility index (Phi) is 4.90. The molecule has 0 bridgehead atoms. The van der Waals surface area contributed by atoms with Crippen LogP contribution in [0.15, 0.2) is 18.2 Å². The highest BCUT2D eigenvalue weighted by atomic mass is 16.5. The molecule has 3 aliphatic rings. The molecule has 0 aromatic carbocycles. The molecule has 1 fully saturated rings. The molecule has 25 heavy (non-hydrogen) atoms. The van der Waals surface area contributed by atoms with Gasteiger partial charge in [0.2, 0.25) is 0 Å². The van der Waals surface area contributed by atoms with E-state index in [1.165, 1.54) is 0 Å². The van der Waals surface area contributed by atoms with Crippen LogP contribution in [-0.2, 0) is 11.3 Å². The molecule has 1 heterocycles. The van der Waals surface area contributed by atoms with Crippen LogP contribution < -0.4 is 5.73 Å². The third-order valence-electron chi connectivity index (χ3n) is 4.82. The van der Waals surface area contributed by atoms with Gasteiger partial charge < -0.3 is 10.5 Å². The van der Waals surface area contributed by atoms with Crippen LogP contribution in [0.25, 0.3) is 11.1 Å². The van der Waals surface area contributed by atoms with Gasteiger partial charge in [0, 0.05) is 30.8 Å². The highest BCUT2D eigenvalue weighted by molar-refractivity contribution is 5.92. The Morgan fingerprint density at radius 3 is 2.44 bits per heavy atom. The number of fused-ring (bicyclic) bond motifs is 1. The summed E-state index contributed by atoms with van der Waals surface area (Å²) in [5, 5.41) is 19.2. The van der Waals surface area contributed by atoms with Crippen molar-refractivity contribution in [1.82, 2.24) is 4.90 Å². The highest BCUT2D eigenvalue weighted by Gasteiger charge is 2.25. The van der Waals surface area contributed by atoms with Gasteiger partial charge in [-0.2, -0.15) is 10.5 Å². The molecule has 2 aliphatic carbocycles. The Balaban J connectivity index is 2.20. The van der Waals surface area contributed by atoms with E-state index >= 15 is 0 Å². The molecule has 5 nitrogen and oxygen atoms in total. The molecule has 1 aliphatic heterocycles. The number of nitrogens with two attached hydrogens (primary N) is 1. The van der Waals surface area contributed by atoms with E-state index in [0.29, 0.717) is 22.7 Å². The summed E-state index contributed by atoms with van der Waals surface area (Å²) in [5.41, 5.74) is 11.0. The number of ether oxygens (including phenoxy) is 1. The summed E-state index contributed by atoms with van der Waals surface area (Å²) in [5.74, 6) is 0.319. The van der Waals surface area contributed by atoms with Crippen molar-refractivity contribution < 1.29 is 4.74 Å². The van der Waals surface area contributed by atoms with Gasteiger partial charge in [-0.15, -0.1) is 0 Å². The summed E-state index contributed by atoms with van der Waals surface area (Å²) in [6, 6.07) is 10.6. The second-order valence-corrected chi connectivity index (χ2v) is 6.72. The van der Waals surface area contributed by atoms with E-state index in [4.69, 9.17) is 10.5 Å². The van der Waals surface area contributed by atoms with Gasteiger partial charge in [-0.05, 0) is 23.1 Å². The van der Waals surface area contributed by atoms with E-state index in [9.17, 15) is 10.5 Å². The fraction of sp³-hybridized carbons (Fsp3) is 0.400. The molecule has 0 saturated carbocycles. The number of morpholine rings is 1. The first-order valence-electron chi connectivity index (χ1n) is 8.55. The normalized spacial score (nSPS) is 15.2. The molecule has 0 aromatic heterocycles. The number of rotatable bonds is 3. The minimum Gasteiger partial charge on any atom is -0.397 e. The number of anilines is 1. The molecule has 0 atom stereocenters. The lowest BCUT2D eigenvalue weighted by Crippen LogP contribution is -2.35. The fourth-order valence-corrected chi connectivity index (χ4v) is 3.36. The van der Waals surface area contributed by atoms with E-state index in [0.717, 1.165) is 55.1 Å². The van der Waals surface area contributed by atoms with E-state index in [1.54, 1.807) is 0 Å². The van der Waals surface area contributed by atoms with Gasteiger partial charge in [0.05, 0.1) is 30.0 Å². The first-order valence-corrected chi connectivity index (χ1v) is 8.55. The second-order valence-electron chi connectivity index (χ2n) is 6.72. The van der Waals surface area contributed by atoms with Crippen molar-refractivity contribution in [3.05, 3.63) is 40.5 Å². The van der Waals surface area contributed by atoms with Crippen molar-refractivity contribution in [2.45, 2.75) is 26.3 Å². The zero-order valence-corrected chi connectivity index (χ0v) is 14.7. The first kappa shape index (κ1) is 17.2. The Morgan fingerprint density at radius 2 is 1.84 bits per heavy atom. The van der Waals surface area contributed by atoms with Crippen molar-refractivity contribution in [3.8, 4) is 23.3 Å². The van der Waals surface area contributed by atoms with Crippen LogP contribution in [-0.4, -0.2) is 31.2 Å². The molecule has 2 N–H and O–H groups in total. The summed E-state index contributed by atoms with van der Waals surface area (Å²) >= 11 is 0. The Labute approximate surface area is 148 Å². The van der Waals surface area contributed by atoms with Gasteiger partial charge in [-0.25, -0.2) is 0 Å². The van der Waals surface area contributed by atoms with Crippen LogP contribution in [0.5, 0.6) is 0 Å². The summed E-state index contributed by atoms with van der Waals surface area (Å²) < 4.78 is 5.42. The minimum atomic E-state index is 0.295. The van der Waals surface area contributed by atoms with E-state index in [-0.39, 0.29) is 0 Å². The molecule has 3 rings (SSSR count). The average molecular weight is 334 g/mol. The summed E-state index contributed by atoms with van der Waals surface area (Å²) in [6.07, 6.45) is 0. The maximum Gasteiger partial charge on any atom is 0.102 e. The standard InChI is InChI=1S/C20H22N4O/c1-13(2)14-3-4-15(12-24-5-7-25-8-6-24)19-16(9-14)17(10-21)20(23)18(19)11-22/h3-4,9,13H,5-8,12,23H2,1-2H3. The van der Waals surface area contributed by atoms with Gasteiger partial charge in [-0.3, -0.25) is 4.90 Å². The molecular weight excluding hydrogens is 312 g/mol. The maximum absolute atomic E-state index is 9.64. The topological polar surface area (TPSA) is 86.1 Å². The Hall–Kier alpha value is -2.60. The van der Waals surface area contributed by atoms with E-state index in [1.807, 2.05) is 6.07 Å². The summed E-state index contributed by atoms with van der Waals surface area (Å²) in [7, 11) is 0. The van der Waals surface area contributed by atoms with Crippen LogP contribution in [0.4, 0.5) is 5.69 Å². The molecule has 0 radical (unpaired) electrons. The van der Waals surface area contributed by atoms with Crippen LogP contribution in [0, 0.1) is 22.7 Å². The van der Waals surface area contributed by atoms with Crippen molar-refractivity contribution in [2.75, 3.05) is 32.0 Å². The van der Waals surface area contributed by atoms with Crippen molar-refractivity contribution in [1.29, 1.82) is 10.5 Å². The molecule has 5 heteroatoms. The predicted molar refractivity (Wildman–Crippen MR) is 97.1 cm³/mol. The van der Waals surface area contributed by atoms with Gasteiger partial charge in [0.1, 0.15) is 12.1 Å². The minimum absolute atomic E-state index is 0.295. The number of nitrogen functional groups attached to an aromatic ring is 1. The Bertz CT molecular complexity index is 838. The monoisotopic (exact) mass is 334 g/mol. The van der Waals surface area contributed by atoms with Gasteiger partial charge in [0.15, 0.2) is 0 Å². The van der Waals surface area contributed by atoms with E-state index in [2.05, 4.69) is 43.0 Å². The Morgan fingerprint density at radius 1 is 1.16 bits per heavy atom. The predicted octanol–water partition coefficient (Wildman–Crippen LogP) is 3.07. The molecular formula is C20H22N4O. The third kappa shape index (κ3) is 3.17. The largest absolute Gasteiger partial charge is 0.397 e. The van der Waals surface area contributed by atoms with Gasteiger partial charge in [-0.1, -0.05) is 26.0 Å². The fourth-order valence-electron chi connectivity index (χ4n) is 3.36. The third-order valence-corrected chi connectivity index (χ3v) is 4.82. The number of nitrogens with zero attached hydrogens (tertiary/aromatic N) is 3. The number of nitriles is 2. The van der Waals surface area contributed by atoms with Crippen LogP contribution >= 0.6 is 0 Å². The van der Waals surface area contributed by atoms with Crippen LogP contribution in [0.3, 0.4) is 0 Å². The van der Waals surface area contributed by atoms with Crippen LogP contribution in [0.1, 0.15) is 42.0 Å². The van der Waals surface area contributed by atoms with Crippen molar-refractivity contribution >= 4 is 5.69 Å². The molecule has 0 aromatic rings. The molecule has 1 saturated heterocycles. The lowest BCUT2D eigenvalue weighted by molar-refractivity contribution is 0.0342. The van der Waals surface area contributed by atoms with Gasteiger partial charge in [0.25, 0.3) is 0 Å².